The van der Waals surface area contributed by atoms with E-state index in [1.807, 2.05) is 0 Å². The standard InChI is InChI=1S/C63H116O6/c1-4-7-10-13-16-19-22-25-28-30-31-33-36-39-42-45-48-51-54-57-63(66)69-60(58-67-61(64)55-52-49-46-43-40-37-34-27-24-21-18-15-12-9-6-3)59-68-62(65)56-53-50-47-44-41-38-35-32-29-26-23-20-17-14-11-8-5-2/h25-29,34,60H,4-24,30-33,35-59H2,1-3H3/b28-25-,29-26-,34-27-/t60-/m0/s1. The van der Waals surface area contributed by atoms with Gasteiger partial charge < -0.3 is 14.2 Å². The maximum absolute atomic E-state index is 12.9. The molecule has 0 unspecified atom stereocenters. The van der Waals surface area contributed by atoms with E-state index in [0.29, 0.717) is 19.3 Å². The second-order valence-electron chi connectivity index (χ2n) is 20.6. The van der Waals surface area contributed by atoms with Gasteiger partial charge in [-0.15, -0.1) is 0 Å². The van der Waals surface area contributed by atoms with Gasteiger partial charge in [0, 0.05) is 19.3 Å². The van der Waals surface area contributed by atoms with Crippen molar-refractivity contribution < 1.29 is 28.6 Å². The van der Waals surface area contributed by atoms with Crippen LogP contribution in [-0.2, 0) is 28.6 Å². The molecule has 0 fully saturated rings. The summed E-state index contributed by atoms with van der Waals surface area (Å²) in [6.07, 6.45) is 69.9. The van der Waals surface area contributed by atoms with Crippen LogP contribution < -0.4 is 0 Å². The first-order valence-electron chi connectivity index (χ1n) is 30.5. The summed E-state index contributed by atoms with van der Waals surface area (Å²) in [6, 6.07) is 0. The molecule has 0 aliphatic carbocycles. The monoisotopic (exact) mass is 969 g/mol. The summed E-state index contributed by atoms with van der Waals surface area (Å²) in [4.78, 5) is 38.2. The van der Waals surface area contributed by atoms with E-state index in [1.54, 1.807) is 0 Å². The summed E-state index contributed by atoms with van der Waals surface area (Å²) < 4.78 is 16.9. The van der Waals surface area contributed by atoms with Gasteiger partial charge in [0.15, 0.2) is 6.10 Å². The molecule has 0 saturated heterocycles. The van der Waals surface area contributed by atoms with Crippen molar-refractivity contribution in [3.8, 4) is 0 Å². The maximum Gasteiger partial charge on any atom is 0.306 e. The molecule has 1 atom stereocenters. The summed E-state index contributed by atoms with van der Waals surface area (Å²) in [7, 11) is 0. The molecule has 0 aromatic heterocycles. The van der Waals surface area contributed by atoms with Crippen molar-refractivity contribution in [2.24, 2.45) is 0 Å². The first-order valence-corrected chi connectivity index (χ1v) is 30.5. The first-order chi connectivity index (χ1) is 34.0. The van der Waals surface area contributed by atoms with Gasteiger partial charge in [-0.1, -0.05) is 250 Å². The first kappa shape index (κ1) is 66.6. The minimum Gasteiger partial charge on any atom is -0.462 e. The molecule has 404 valence electrons. The SMILES string of the molecule is CCCCCCCC/C=C\CCCCCCCCCCCC(=O)O[C@@H](COC(=O)CCCCCCC/C=C\CCCCCCCC)COC(=O)CCCCCCCCC/C=C\CCCCCCCC. The molecule has 0 bridgehead atoms. The topological polar surface area (TPSA) is 78.9 Å². The number of esters is 3. The van der Waals surface area contributed by atoms with E-state index in [0.717, 1.165) is 64.2 Å². The Hall–Kier alpha value is -2.37. The fourth-order valence-electron chi connectivity index (χ4n) is 8.96. The molecule has 0 aromatic rings. The zero-order chi connectivity index (χ0) is 50.0. The van der Waals surface area contributed by atoms with Crippen molar-refractivity contribution in [3.05, 3.63) is 36.5 Å². The molecule has 0 aliphatic heterocycles. The number of hydrogen-bond donors (Lipinski definition) is 0. The minimum absolute atomic E-state index is 0.0753. The Labute approximate surface area is 429 Å². The lowest BCUT2D eigenvalue weighted by Crippen LogP contribution is -2.30. The highest BCUT2D eigenvalue weighted by Gasteiger charge is 2.19. The third kappa shape index (κ3) is 56.4. The highest BCUT2D eigenvalue weighted by atomic mass is 16.6. The number of carbonyl (C=O) groups is 3. The number of rotatable bonds is 56. The van der Waals surface area contributed by atoms with Gasteiger partial charge in [-0.25, -0.2) is 0 Å². The van der Waals surface area contributed by atoms with Gasteiger partial charge in [-0.2, -0.15) is 0 Å². The summed E-state index contributed by atoms with van der Waals surface area (Å²) >= 11 is 0. The molecule has 69 heavy (non-hydrogen) atoms. The number of ether oxygens (including phenoxy) is 3. The third-order valence-electron chi connectivity index (χ3n) is 13.6. The molecule has 0 heterocycles. The van der Waals surface area contributed by atoms with Crippen LogP contribution in [0.15, 0.2) is 36.5 Å². The molecule has 0 saturated carbocycles. The number of hydrogen-bond acceptors (Lipinski definition) is 6. The predicted molar refractivity (Wildman–Crippen MR) is 298 cm³/mol. The minimum atomic E-state index is -0.777. The van der Waals surface area contributed by atoms with Crippen LogP contribution >= 0.6 is 0 Å². The number of unbranched alkanes of at least 4 members (excludes halogenated alkanes) is 39. The van der Waals surface area contributed by atoms with Crippen molar-refractivity contribution in [1.29, 1.82) is 0 Å². The van der Waals surface area contributed by atoms with Crippen molar-refractivity contribution in [3.63, 3.8) is 0 Å². The van der Waals surface area contributed by atoms with E-state index in [9.17, 15) is 14.4 Å². The van der Waals surface area contributed by atoms with Crippen molar-refractivity contribution in [1.82, 2.24) is 0 Å². The molecule has 6 heteroatoms. The van der Waals surface area contributed by atoms with Crippen LogP contribution in [-0.4, -0.2) is 37.2 Å². The highest BCUT2D eigenvalue weighted by molar-refractivity contribution is 5.71. The van der Waals surface area contributed by atoms with Crippen LogP contribution in [0.3, 0.4) is 0 Å². The van der Waals surface area contributed by atoms with E-state index >= 15 is 0 Å². The Morgan fingerprint density at radius 3 is 0.725 bits per heavy atom. The Morgan fingerprint density at radius 1 is 0.275 bits per heavy atom. The van der Waals surface area contributed by atoms with Gasteiger partial charge in [-0.05, 0) is 96.3 Å². The molecule has 0 N–H and O–H groups in total. The van der Waals surface area contributed by atoms with Crippen LogP contribution in [0.2, 0.25) is 0 Å². The quantitative estimate of drug-likeness (QED) is 0.0261. The van der Waals surface area contributed by atoms with Gasteiger partial charge in [-0.3, -0.25) is 14.4 Å². The Bertz CT molecular complexity index is 1160. The lowest BCUT2D eigenvalue weighted by molar-refractivity contribution is -0.167. The van der Waals surface area contributed by atoms with Gasteiger partial charge in [0.2, 0.25) is 0 Å². The van der Waals surface area contributed by atoms with Crippen LogP contribution in [0.5, 0.6) is 0 Å². The van der Waals surface area contributed by atoms with Crippen molar-refractivity contribution in [2.45, 2.75) is 335 Å². The summed E-state index contributed by atoms with van der Waals surface area (Å²) in [6.45, 7) is 6.66. The molecule has 0 aliphatic rings. The fraction of sp³-hybridized carbons (Fsp3) is 0.857. The predicted octanol–water partition coefficient (Wildman–Crippen LogP) is 20.4. The second-order valence-corrected chi connectivity index (χ2v) is 20.6. The van der Waals surface area contributed by atoms with Crippen LogP contribution in [0.4, 0.5) is 0 Å². The second kappa shape index (κ2) is 58.2. The van der Waals surface area contributed by atoms with E-state index in [1.165, 1.54) is 225 Å². The van der Waals surface area contributed by atoms with Gasteiger partial charge in [0.25, 0.3) is 0 Å². The van der Waals surface area contributed by atoms with E-state index < -0.39 is 6.10 Å². The van der Waals surface area contributed by atoms with Crippen LogP contribution in [0, 0.1) is 0 Å². The van der Waals surface area contributed by atoms with E-state index in [4.69, 9.17) is 14.2 Å². The van der Waals surface area contributed by atoms with Crippen molar-refractivity contribution >= 4 is 17.9 Å². The number of allylic oxidation sites excluding steroid dienone is 6. The van der Waals surface area contributed by atoms with Crippen LogP contribution in [0.25, 0.3) is 0 Å². The maximum atomic E-state index is 12.9. The molecular weight excluding hydrogens is 853 g/mol. The van der Waals surface area contributed by atoms with Gasteiger partial charge in [0.05, 0.1) is 0 Å². The zero-order valence-corrected chi connectivity index (χ0v) is 46.3. The molecule has 0 radical (unpaired) electrons. The molecule has 0 rings (SSSR count). The Morgan fingerprint density at radius 2 is 0.478 bits per heavy atom. The largest absolute Gasteiger partial charge is 0.462 e. The van der Waals surface area contributed by atoms with Gasteiger partial charge >= 0.3 is 17.9 Å². The summed E-state index contributed by atoms with van der Waals surface area (Å²) in [5.41, 5.74) is 0. The normalized spacial score (nSPS) is 12.2. The fourth-order valence-corrected chi connectivity index (χ4v) is 8.96. The van der Waals surface area contributed by atoms with Crippen molar-refractivity contribution in [2.75, 3.05) is 13.2 Å². The molecule has 0 amide bonds. The molecule has 0 spiro atoms. The van der Waals surface area contributed by atoms with Crippen LogP contribution in [0.1, 0.15) is 329 Å². The third-order valence-corrected chi connectivity index (χ3v) is 13.6. The lowest BCUT2D eigenvalue weighted by atomic mass is 10.1. The summed E-state index contributed by atoms with van der Waals surface area (Å²) in [5, 5.41) is 0. The highest BCUT2D eigenvalue weighted by Crippen LogP contribution is 2.16. The van der Waals surface area contributed by atoms with Gasteiger partial charge in [0.1, 0.15) is 13.2 Å². The van der Waals surface area contributed by atoms with E-state index in [-0.39, 0.29) is 31.1 Å². The van der Waals surface area contributed by atoms with E-state index in [2.05, 4.69) is 57.2 Å². The number of carbonyl (C=O) groups excluding carboxylic acids is 3. The Kier molecular flexibility index (Phi) is 56.2. The molecular formula is C63H116O6. The summed E-state index contributed by atoms with van der Waals surface area (Å²) in [5.74, 6) is -0.871. The smallest absolute Gasteiger partial charge is 0.306 e. The molecule has 0 aromatic carbocycles. The zero-order valence-electron chi connectivity index (χ0n) is 46.3. The average Bonchev–Trinajstić information content (AvgIpc) is 3.35. The Balaban J connectivity index is 4.36. The lowest BCUT2D eigenvalue weighted by Gasteiger charge is -2.18. The molecule has 6 nitrogen and oxygen atoms in total. The average molecular weight is 970 g/mol.